The van der Waals surface area contributed by atoms with Crippen molar-refractivity contribution in [3.63, 3.8) is 0 Å². The van der Waals surface area contributed by atoms with Gasteiger partial charge in [0.05, 0.1) is 6.10 Å². The number of nitrogens with two attached hydrogens (primary N) is 1. The molecule has 2 aliphatic heterocycles. The van der Waals surface area contributed by atoms with Gasteiger partial charge < -0.3 is 15.2 Å². The van der Waals surface area contributed by atoms with Gasteiger partial charge in [0, 0.05) is 32.3 Å². The van der Waals surface area contributed by atoms with Crippen LogP contribution in [0, 0.1) is 5.92 Å². The molecule has 1 aromatic rings. The number of hydrogen-bond acceptors (Lipinski definition) is 4. The molecule has 0 amide bonds. The third-order valence-electron chi connectivity index (χ3n) is 4.54. The Morgan fingerprint density at radius 2 is 2.10 bits per heavy atom. The zero-order valence-electron chi connectivity index (χ0n) is 12.8. The fourth-order valence-corrected chi connectivity index (χ4v) is 3.14. The fourth-order valence-electron chi connectivity index (χ4n) is 3.14. The summed E-state index contributed by atoms with van der Waals surface area (Å²) in [7, 11) is 0. The molecule has 3 unspecified atom stereocenters. The molecular weight excluding hydrogens is 264 g/mol. The van der Waals surface area contributed by atoms with Gasteiger partial charge in [0.2, 0.25) is 0 Å². The number of benzene rings is 1. The van der Waals surface area contributed by atoms with Crippen molar-refractivity contribution in [1.29, 1.82) is 0 Å². The predicted molar refractivity (Wildman–Crippen MR) is 83.3 cm³/mol. The summed E-state index contributed by atoms with van der Waals surface area (Å²) >= 11 is 0. The number of hydrogen-bond donors (Lipinski definition) is 1. The molecule has 2 fully saturated rings. The number of rotatable bonds is 5. The maximum absolute atomic E-state index is 6.07. The van der Waals surface area contributed by atoms with Gasteiger partial charge >= 0.3 is 0 Å². The second-order valence-corrected chi connectivity index (χ2v) is 6.43. The highest BCUT2D eigenvalue weighted by Crippen LogP contribution is 2.20. The summed E-state index contributed by atoms with van der Waals surface area (Å²) in [5.41, 5.74) is 7.39. The Labute approximate surface area is 127 Å². The van der Waals surface area contributed by atoms with E-state index in [-0.39, 0.29) is 6.10 Å². The summed E-state index contributed by atoms with van der Waals surface area (Å²) < 4.78 is 11.4. The van der Waals surface area contributed by atoms with E-state index in [0.717, 1.165) is 44.8 Å². The first-order valence-electron chi connectivity index (χ1n) is 8.02. The molecular formula is C17H26N2O2. The van der Waals surface area contributed by atoms with Gasteiger partial charge in [-0.05, 0) is 36.5 Å². The highest BCUT2D eigenvalue weighted by molar-refractivity contribution is 5.27. The molecule has 116 valence electrons. The molecule has 2 aliphatic rings. The van der Waals surface area contributed by atoms with Gasteiger partial charge in [-0.25, -0.2) is 0 Å². The molecule has 0 aliphatic carbocycles. The zero-order chi connectivity index (χ0) is 14.7. The molecule has 4 nitrogen and oxygen atoms in total. The van der Waals surface area contributed by atoms with Crippen molar-refractivity contribution in [3.8, 4) is 5.75 Å². The van der Waals surface area contributed by atoms with Gasteiger partial charge in [-0.2, -0.15) is 0 Å². The van der Waals surface area contributed by atoms with Crippen LogP contribution in [0.1, 0.15) is 25.3 Å². The Kier molecular flexibility index (Phi) is 4.78. The van der Waals surface area contributed by atoms with Gasteiger partial charge in [0.1, 0.15) is 12.4 Å². The molecule has 3 rings (SSSR count). The molecule has 0 bridgehead atoms. The molecule has 0 aromatic heterocycles. The zero-order valence-corrected chi connectivity index (χ0v) is 12.8. The normalized spacial score (nSPS) is 29.9. The lowest BCUT2D eigenvalue weighted by atomic mass is 10.1. The van der Waals surface area contributed by atoms with Crippen molar-refractivity contribution in [2.45, 2.75) is 38.5 Å². The van der Waals surface area contributed by atoms with E-state index >= 15 is 0 Å². The summed E-state index contributed by atoms with van der Waals surface area (Å²) in [6.45, 7) is 6.84. The lowest BCUT2D eigenvalue weighted by Crippen LogP contribution is -2.28. The second kappa shape index (κ2) is 6.77. The van der Waals surface area contributed by atoms with E-state index in [2.05, 4.69) is 36.1 Å². The summed E-state index contributed by atoms with van der Waals surface area (Å²) in [6.07, 6.45) is 2.55. The first-order valence-corrected chi connectivity index (χ1v) is 8.02. The van der Waals surface area contributed by atoms with Gasteiger partial charge in [-0.15, -0.1) is 0 Å². The minimum atomic E-state index is 0.275. The number of ether oxygens (including phenoxy) is 2. The molecule has 2 N–H and O–H groups in total. The Bertz CT molecular complexity index is 433. The van der Waals surface area contributed by atoms with Crippen LogP contribution in [0.25, 0.3) is 0 Å². The van der Waals surface area contributed by atoms with Gasteiger partial charge in [0.25, 0.3) is 0 Å². The standard InChI is InChI=1S/C17H26N2O2/c1-13-9-19(11-17(13)18)10-14-4-6-15(7-5-14)21-12-16-3-2-8-20-16/h4-7,13,16-17H,2-3,8-12,18H2,1H3. The van der Waals surface area contributed by atoms with E-state index in [1.807, 2.05) is 0 Å². The van der Waals surface area contributed by atoms with Crippen molar-refractivity contribution < 1.29 is 9.47 Å². The van der Waals surface area contributed by atoms with Crippen LogP contribution in [0.4, 0.5) is 0 Å². The Hall–Kier alpha value is -1.10. The average Bonchev–Trinajstić information content (AvgIpc) is 3.09. The van der Waals surface area contributed by atoms with E-state index in [1.54, 1.807) is 0 Å². The Morgan fingerprint density at radius 1 is 1.29 bits per heavy atom. The quantitative estimate of drug-likeness (QED) is 0.901. The summed E-state index contributed by atoms with van der Waals surface area (Å²) in [5, 5.41) is 0. The number of likely N-dealkylation sites (tertiary alicyclic amines) is 1. The third kappa shape index (κ3) is 3.96. The van der Waals surface area contributed by atoms with Crippen LogP contribution >= 0.6 is 0 Å². The van der Waals surface area contributed by atoms with Gasteiger partial charge in [-0.3, -0.25) is 4.90 Å². The molecule has 2 heterocycles. The molecule has 2 saturated heterocycles. The Morgan fingerprint density at radius 3 is 2.71 bits per heavy atom. The van der Waals surface area contributed by atoms with Crippen molar-refractivity contribution in [3.05, 3.63) is 29.8 Å². The average molecular weight is 290 g/mol. The summed E-state index contributed by atoms with van der Waals surface area (Å²) in [6, 6.07) is 8.74. The molecule has 21 heavy (non-hydrogen) atoms. The van der Waals surface area contributed by atoms with Crippen LogP contribution in [0.3, 0.4) is 0 Å². The van der Waals surface area contributed by atoms with Crippen LogP contribution in [0.2, 0.25) is 0 Å². The van der Waals surface area contributed by atoms with Crippen LogP contribution in [0.5, 0.6) is 5.75 Å². The van der Waals surface area contributed by atoms with Gasteiger partial charge in [0.15, 0.2) is 0 Å². The largest absolute Gasteiger partial charge is 0.491 e. The van der Waals surface area contributed by atoms with Crippen LogP contribution in [-0.2, 0) is 11.3 Å². The van der Waals surface area contributed by atoms with Crippen LogP contribution in [-0.4, -0.2) is 43.3 Å². The lowest BCUT2D eigenvalue weighted by Gasteiger charge is -2.16. The third-order valence-corrected chi connectivity index (χ3v) is 4.54. The SMILES string of the molecule is CC1CN(Cc2ccc(OCC3CCCO3)cc2)CC1N. The highest BCUT2D eigenvalue weighted by atomic mass is 16.5. The molecule has 4 heteroatoms. The van der Waals surface area contributed by atoms with E-state index < -0.39 is 0 Å². The molecule has 1 aromatic carbocycles. The van der Waals surface area contributed by atoms with E-state index in [0.29, 0.717) is 18.6 Å². The maximum atomic E-state index is 6.07. The molecule has 0 saturated carbocycles. The predicted octanol–water partition coefficient (Wildman–Crippen LogP) is 2.02. The number of nitrogens with zero attached hydrogens (tertiary/aromatic N) is 1. The summed E-state index contributed by atoms with van der Waals surface area (Å²) in [4.78, 5) is 2.43. The molecule has 0 spiro atoms. The van der Waals surface area contributed by atoms with Crippen LogP contribution < -0.4 is 10.5 Å². The molecule has 3 atom stereocenters. The smallest absolute Gasteiger partial charge is 0.119 e. The fraction of sp³-hybridized carbons (Fsp3) is 0.647. The lowest BCUT2D eigenvalue weighted by molar-refractivity contribution is 0.0679. The minimum Gasteiger partial charge on any atom is -0.491 e. The molecule has 0 radical (unpaired) electrons. The second-order valence-electron chi connectivity index (χ2n) is 6.43. The summed E-state index contributed by atoms with van der Waals surface area (Å²) in [5.74, 6) is 1.53. The van der Waals surface area contributed by atoms with E-state index in [1.165, 1.54) is 5.56 Å². The van der Waals surface area contributed by atoms with Crippen molar-refractivity contribution in [1.82, 2.24) is 4.90 Å². The monoisotopic (exact) mass is 290 g/mol. The highest BCUT2D eigenvalue weighted by Gasteiger charge is 2.26. The maximum Gasteiger partial charge on any atom is 0.119 e. The minimum absolute atomic E-state index is 0.275. The van der Waals surface area contributed by atoms with Crippen molar-refractivity contribution >= 4 is 0 Å². The van der Waals surface area contributed by atoms with Gasteiger partial charge in [-0.1, -0.05) is 19.1 Å². The van der Waals surface area contributed by atoms with Crippen molar-refractivity contribution in [2.24, 2.45) is 11.7 Å². The van der Waals surface area contributed by atoms with E-state index in [9.17, 15) is 0 Å². The first kappa shape index (κ1) is 14.8. The Balaban J connectivity index is 1.47. The first-order chi connectivity index (χ1) is 10.2. The topological polar surface area (TPSA) is 47.7 Å². The van der Waals surface area contributed by atoms with E-state index in [4.69, 9.17) is 15.2 Å². The van der Waals surface area contributed by atoms with Crippen LogP contribution in [0.15, 0.2) is 24.3 Å². The van der Waals surface area contributed by atoms with Crippen molar-refractivity contribution in [2.75, 3.05) is 26.3 Å².